The molecular formula is C17H22ClN3O2. The molecule has 1 aromatic carbocycles. The molecule has 0 aliphatic carbocycles. The van der Waals surface area contributed by atoms with Gasteiger partial charge in [0, 0.05) is 19.3 Å². The first kappa shape index (κ1) is 17.3. The number of fused-ring (bicyclic) bond motifs is 1. The fourth-order valence-electron chi connectivity index (χ4n) is 2.49. The van der Waals surface area contributed by atoms with Gasteiger partial charge in [-0.1, -0.05) is 6.08 Å². The van der Waals surface area contributed by atoms with Crippen LogP contribution in [0.2, 0.25) is 0 Å². The van der Waals surface area contributed by atoms with Crippen LogP contribution < -0.4 is 0 Å². The van der Waals surface area contributed by atoms with E-state index in [1.165, 1.54) is 12.8 Å². The van der Waals surface area contributed by atoms with Crippen LogP contribution in [-0.4, -0.2) is 41.1 Å². The van der Waals surface area contributed by atoms with Crippen molar-refractivity contribution in [2.45, 2.75) is 26.3 Å². The summed E-state index contributed by atoms with van der Waals surface area (Å²) in [6, 6.07) is 5.36. The standard InChI is InChI=1S/C17H22ClN3O2/c1-5-13(20(3)6-2)11-21-15-9-12(17(22)23-4)7-8-14(15)19-16(21)10-18/h5,7-9H,6,10-11H2,1-4H3/b13-5-. The third-order valence-corrected chi connectivity index (χ3v) is 4.22. The summed E-state index contributed by atoms with van der Waals surface area (Å²) >= 11 is 6.07. The highest BCUT2D eigenvalue weighted by Crippen LogP contribution is 2.22. The number of halogens is 1. The number of hydrogen-bond acceptors (Lipinski definition) is 4. The summed E-state index contributed by atoms with van der Waals surface area (Å²) in [7, 11) is 3.43. The average molecular weight is 336 g/mol. The summed E-state index contributed by atoms with van der Waals surface area (Å²) in [5.41, 5.74) is 3.38. The summed E-state index contributed by atoms with van der Waals surface area (Å²) in [4.78, 5) is 18.5. The van der Waals surface area contributed by atoms with Gasteiger partial charge in [-0.25, -0.2) is 9.78 Å². The first-order chi connectivity index (χ1) is 11.0. The summed E-state index contributed by atoms with van der Waals surface area (Å²) in [5, 5.41) is 0. The molecule has 2 aromatic rings. The molecule has 1 heterocycles. The Morgan fingerprint density at radius 2 is 2.22 bits per heavy atom. The maximum atomic E-state index is 11.8. The molecule has 0 fully saturated rings. The lowest BCUT2D eigenvalue weighted by Gasteiger charge is -2.22. The zero-order valence-electron chi connectivity index (χ0n) is 14.0. The summed E-state index contributed by atoms with van der Waals surface area (Å²) < 4.78 is 6.85. The minimum Gasteiger partial charge on any atom is -0.465 e. The maximum Gasteiger partial charge on any atom is 0.337 e. The number of ether oxygens (including phenoxy) is 1. The molecule has 6 heteroatoms. The second kappa shape index (κ2) is 7.51. The second-order valence-corrected chi connectivity index (χ2v) is 5.50. The van der Waals surface area contributed by atoms with Crippen molar-refractivity contribution >= 4 is 28.6 Å². The third kappa shape index (κ3) is 3.50. The fourth-order valence-corrected chi connectivity index (χ4v) is 2.70. The topological polar surface area (TPSA) is 47.4 Å². The number of alkyl halides is 1. The minimum atomic E-state index is -0.357. The van der Waals surface area contributed by atoms with Crippen LogP contribution >= 0.6 is 11.6 Å². The Kier molecular flexibility index (Phi) is 5.66. The van der Waals surface area contributed by atoms with Gasteiger partial charge < -0.3 is 14.2 Å². The number of carbonyl (C=O) groups is 1. The lowest BCUT2D eigenvalue weighted by atomic mass is 10.2. The molecule has 1 aromatic heterocycles. The monoisotopic (exact) mass is 335 g/mol. The number of likely N-dealkylation sites (N-methyl/N-ethyl adjacent to an activating group) is 1. The molecule has 0 saturated heterocycles. The Labute approximate surface area is 141 Å². The van der Waals surface area contributed by atoms with Crippen molar-refractivity contribution in [3.63, 3.8) is 0 Å². The van der Waals surface area contributed by atoms with E-state index in [-0.39, 0.29) is 5.97 Å². The Hall–Kier alpha value is -2.01. The van der Waals surface area contributed by atoms with E-state index in [4.69, 9.17) is 16.3 Å². The van der Waals surface area contributed by atoms with Gasteiger partial charge >= 0.3 is 5.97 Å². The lowest BCUT2D eigenvalue weighted by Crippen LogP contribution is -2.21. The largest absolute Gasteiger partial charge is 0.465 e. The van der Waals surface area contributed by atoms with Gasteiger partial charge in [0.1, 0.15) is 5.82 Å². The molecule has 0 saturated carbocycles. The molecule has 0 radical (unpaired) electrons. The van der Waals surface area contributed by atoms with E-state index in [1.807, 2.05) is 19.1 Å². The van der Waals surface area contributed by atoms with Crippen LogP contribution in [0.4, 0.5) is 0 Å². The Bertz CT molecular complexity index is 737. The van der Waals surface area contributed by atoms with Crippen LogP contribution in [0.1, 0.15) is 30.0 Å². The zero-order chi connectivity index (χ0) is 17.0. The van der Waals surface area contributed by atoms with Crippen molar-refractivity contribution in [2.75, 3.05) is 20.7 Å². The van der Waals surface area contributed by atoms with Crippen LogP contribution in [-0.2, 0) is 17.2 Å². The van der Waals surface area contributed by atoms with Crippen molar-refractivity contribution in [3.8, 4) is 0 Å². The number of allylic oxidation sites excluding steroid dienone is 2. The summed E-state index contributed by atoms with van der Waals surface area (Å²) in [5.74, 6) is 0.742. The molecule has 0 amide bonds. The van der Waals surface area contributed by atoms with Gasteiger partial charge in [-0.15, -0.1) is 11.6 Å². The van der Waals surface area contributed by atoms with Crippen LogP contribution in [0.5, 0.6) is 0 Å². The molecule has 5 nitrogen and oxygen atoms in total. The van der Waals surface area contributed by atoms with Gasteiger partial charge in [-0.2, -0.15) is 0 Å². The molecule has 0 N–H and O–H groups in total. The van der Waals surface area contributed by atoms with Gasteiger partial charge in [-0.3, -0.25) is 0 Å². The first-order valence-electron chi connectivity index (χ1n) is 7.55. The van der Waals surface area contributed by atoms with Gasteiger partial charge in [0.2, 0.25) is 0 Å². The Morgan fingerprint density at radius 3 is 2.78 bits per heavy atom. The van der Waals surface area contributed by atoms with Crippen molar-refractivity contribution in [1.82, 2.24) is 14.5 Å². The number of methoxy groups -OCH3 is 1. The van der Waals surface area contributed by atoms with E-state index >= 15 is 0 Å². The molecule has 0 aliphatic rings. The molecular weight excluding hydrogens is 314 g/mol. The van der Waals surface area contributed by atoms with Crippen molar-refractivity contribution in [3.05, 3.63) is 41.4 Å². The van der Waals surface area contributed by atoms with Crippen LogP contribution in [0.15, 0.2) is 30.0 Å². The van der Waals surface area contributed by atoms with E-state index in [2.05, 4.69) is 34.5 Å². The normalized spacial score (nSPS) is 11.8. The molecule has 124 valence electrons. The molecule has 23 heavy (non-hydrogen) atoms. The first-order valence-corrected chi connectivity index (χ1v) is 8.08. The number of nitrogens with zero attached hydrogens (tertiary/aromatic N) is 3. The number of aromatic nitrogens is 2. The zero-order valence-corrected chi connectivity index (χ0v) is 14.7. The molecule has 0 aliphatic heterocycles. The van der Waals surface area contributed by atoms with Gasteiger partial charge in [-0.05, 0) is 32.0 Å². The molecule has 0 unspecified atom stereocenters. The van der Waals surface area contributed by atoms with E-state index in [0.717, 1.165) is 23.4 Å². The maximum absolute atomic E-state index is 11.8. The van der Waals surface area contributed by atoms with Gasteiger partial charge in [0.05, 0.1) is 36.1 Å². The highest BCUT2D eigenvalue weighted by molar-refractivity contribution is 6.16. The van der Waals surface area contributed by atoms with E-state index in [1.54, 1.807) is 6.07 Å². The number of rotatable bonds is 6. The predicted molar refractivity (Wildman–Crippen MR) is 92.7 cm³/mol. The van der Waals surface area contributed by atoms with Crippen molar-refractivity contribution in [1.29, 1.82) is 0 Å². The van der Waals surface area contributed by atoms with Crippen LogP contribution in [0, 0.1) is 0 Å². The number of imidazole rings is 1. The Balaban J connectivity index is 2.53. The highest BCUT2D eigenvalue weighted by atomic mass is 35.5. The fraction of sp³-hybridized carbons (Fsp3) is 0.412. The Morgan fingerprint density at radius 1 is 1.48 bits per heavy atom. The van der Waals surface area contributed by atoms with E-state index < -0.39 is 0 Å². The quantitative estimate of drug-likeness (QED) is 0.599. The SMILES string of the molecule is C/C=C(/Cn1c(CCl)nc2ccc(C(=O)OC)cc21)N(C)CC. The van der Waals surface area contributed by atoms with E-state index in [9.17, 15) is 4.79 Å². The van der Waals surface area contributed by atoms with Crippen molar-refractivity contribution in [2.24, 2.45) is 0 Å². The number of carbonyl (C=O) groups excluding carboxylic acids is 1. The van der Waals surface area contributed by atoms with Crippen molar-refractivity contribution < 1.29 is 9.53 Å². The third-order valence-electron chi connectivity index (χ3n) is 3.99. The minimum absolute atomic E-state index is 0.315. The summed E-state index contributed by atoms with van der Waals surface area (Å²) in [6.45, 7) is 5.69. The predicted octanol–water partition coefficient (Wildman–Crippen LogP) is 3.42. The van der Waals surface area contributed by atoms with Gasteiger partial charge in [0.15, 0.2) is 0 Å². The molecule has 0 atom stereocenters. The molecule has 0 spiro atoms. The molecule has 0 bridgehead atoms. The smallest absolute Gasteiger partial charge is 0.337 e. The number of benzene rings is 1. The van der Waals surface area contributed by atoms with Crippen LogP contribution in [0.25, 0.3) is 11.0 Å². The van der Waals surface area contributed by atoms with E-state index in [0.29, 0.717) is 18.0 Å². The number of esters is 1. The van der Waals surface area contributed by atoms with Crippen LogP contribution in [0.3, 0.4) is 0 Å². The molecule has 2 rings (SSSR count). The lowest BCUT2D eigenvalue weighted by molar-refractivity contribution is 0.0601. The second-order valence-electron chi connectivity index (χ2n) is 5.24. The number of hydrogen-bond donors (Lipinski definition) is 0. The summed E-state index contributed by atoms with van der Waals surface area (Å²) in [6.07, 6.45) is 2.08. The average Bonchev–Trinajstić information content (AvgIpc) is 2.94. The highest BCUT2D eigenvalue weighted by Gasteiger charge is 2.15. The van der Waals surface area contributed by atoms with Gasteiger partial charge in [0.25, 0.3) is 0 Å².